The third-order valence-corrected chi connectivity index (χ3v) is 5.86. The van der Waals surface area contributed by atoms with Crippen molar-refractivity contribution in [3.63, 3.8) is 0 Å². The monoisotopic (exact) mass is 385 g/mol. The molecule has 0 aliphatic carbocycles. The van der Waals surface area contributed by atoms with E-state index >= 15 is 0 Å². The molecule has 1 fully saturated rings. The molecule has 1 aromatic heterocycles. The molecule has 0 bridgehead atoms. The van der Waals surface area contributed by atoms with Crippen molar-refractivity contribution in [3.8, 4) is 10.6 Å². The van der Waals surface area contributed by atoms with Gasteiger partial charge in [0.05, 0.1) is 12.2 Å². The number of likely N-dealkylation sites (tertiary alicyclic amines) is 1. The minimum Gasteiger partial charge on any atom is -0.357 e. The summed E-state index contributed by atoms with van der Waals surface area (Å²) in [5.41, 5.74) is 2.19. The molecule has 0 saturated carbocycles. The summed E-state index contributed by atoms with van der Waals surface area (Å²) < 4.78 is 0. The largest absolute Gasteiger partial charge is 0.357 e. The standard InChI is InChI=1S/C21H31N5S/c1-4-22-21(25-18-10-12-26(13-11-18)16(2)3)23-14-19-15-27-20(24-19)17-8-6-5-7-9-17/h5-9,15-16,18H,4,10-14H2,1-3H3,(H2,22,23,25). The van der Waals surface area contributed by atoms with Crippen molar-refractivity contribution in [1.29, 1.82) is 0 Å². The van der Waals surface area contributed by atoms with Gasteiger partial charge in [0.15, 0.2) is 5.96 Å². The van der Waals surface area contributed by atoms with Gasteiger partial charge in [0, 0.05) is 42.7 Å². The Morgan fingerprint density at radius 3 is 2.67 bits per heavy atom. The Hall–Kier alpha value is -1.92. The minimum absolute atomic E-state index is 0.494. The quantitative estimate of drug-likeness (QED) is 0.588. The summed E-state index contributed by atoms with van der Waals surface area (Å²) in [4.78, 5) is 12.0. The third kappa shape index (κ3) is 5.78. The number of nitrogens with zero attached hydrogens (tertiary/aromatic N) is 3. The van der Waals surface area contributed by atoms with Crippen LogP contribution in [0.25, 0.3) is 10.6 Å². The highest BCUT2D eigenvalue weighted by Gasteiger charge is 2.21. The molecule has 27 heavy (non-hydrogen) atoms. The molecule has 3 rings (SSSR count). The summed E-state index contributed by atoms with van der Waals surface area (Å²) in [5, 5.41) is 10.1. The van der Waals surface area contributed by atoms with E-state index in [1.54, 1.807) is 11.3 Å². The number of benzene rings is 1. The van der Waals surface area contributed by atoms with Crippen molar-refractivity contribution in [2.75, 3.05) is 19.6 Å². The molecule has 1 aliphatic heterocycles. The van der Waals surface area contributed by atoms with Crippen LogP contribution in [0.3, 0.4) is 0 Å². The maximum Gasteiger partial charge on any atom is 0.191 e. The van der Waals surface area contributed by atoms with Gasteiger partial charge < -0.3 is 15.5 Å². The highest BCUT2D eigenvalue weighted by molar-refractivity contribution is 7.13. The van der Waals surface area contributed by atoms with E-state index in [4.69, 9.17) is 9.98 Å². The number of thiazole rings is 1. The van der Waals surface area contributed by atoms with Crippen LogP contribution in [-0.4, -0.2) is 47.6 Å². The van der Waals surface area contributed by atoms with Crippen LogP contribution in [0.15, 0.2) is 40.7 Å². The zero-order valence-electron chi connectivity index (χ0n) is 16.6. The Kier molecular flexibility index (Phi) is 7.24. The van der Waals surface area contributed by atoms with Crippen LogP contribution in [0.2, 0.25) is 0 Å². The van der Waals surface area contributed by atoms with E-state index in [-0.39, 0.29) is 0 Å². The SMILES string of the molecule is CCNC(=NCc1csc(-c2ccccc2)n1)NC1CCN(C(C)C)CC1. The lowest BCUT2D eigenvalue weighted by Gasteiger charge is -2.35. The van der Waals surface area contributed by atoms with Gasteiger partial charge in [-0.2, -0.15) is 0 Å². The van der Waals surface area contributed by atoms with Crippen LogP contribution in [0.5, 0.6) is 0 Å². The van der Waals surface area contributed by atoms with Crippen LogP contribution in [-0.2, 0) is 6.54 Å². The summed E-state index contributed by atoms with van der Waals surface area (Å²) in [6, 6.07) is 11.5. The lowest BCUT2D eigenvalue weighted by molar-refractivity contribution is 0.167. The van der Waals surface area contributed by atoms with Crippen molar-refractivity contribution in [3.05, 3.63) is 41.4 Å². The van der Waals surface area contributed by atoms with Crippen LogP contribution < -0.4 is 10.6 Å². The first-order valence-electron chi connectivity index (χ1n) is 9.94. The second kappa shape index (κ2) is 9.85. The average Bonchev–Trinajstić information content (AvgIpc) is 3.16. The first kappa shape index (κ1) is 19.8. The lowest BCUT2D eigenvalue weighted by atomic mass is 10.0. The maximum atomic E-state index is 4.76. The van der Waals surface area contributed by atoms with Gasteiger partial charge in [-0.25, -0.2) is 9.98 Å². The molecule has 2 N–H and O–H groups in total. The fraction of sp³-hybridized carbons (Fsp3) is 0.524. The second-order valence-corrected chi connectivity index (χ2v) is 8.11. The Labute approximate surface area is 166 Å². The van der Waals surface area contributed by atoms with Gasteiger partial charge in [-0.15, -0.1) is 11.3 Å². The number of nitrogens with one attached hydrogen (secondary N) is 2. The molecule has 6 heteroatoms. The van der Waals surface area contributed by atoms with E-state index in [2.05, 4.69) is 53.8 Å². The van der Waals surface area contributed by atoms with Crippen LogP contribution in [0.4, 0.5) is 0 Å². The number of piperidine rings is 1. The highest BCUT2D eigenvalue weighted by Crippen LogP contribution is 2.23. The maximum absolute atomic E-state index is 4.76. The first-order valence-corrected chi connectivity index (χ1v) is 10.8. The van der Waals surface area contributed by atoms with E-state index in [0.29, 0.717) is 18.6 Å². The molecule has 0 radical (unpaired) electrons. The molecule has 1 aliphatic rings. The van der Waals surface area contributed by atoms with Crippen LogP contribution in [0, 0.1) is 0 Å². The summed E-state index contributed by atoms with van der Waals surface area (Å²) in [5.74, 6) is 0.898. The van der Waals surface area contributed by atoms with Crippen molar-refractivity contribution in [2.24, 2.45) is 4.99 Å². The van der Waals surface area contributed by atoms with Crippen LogP contribution in [0.1, 0.15) is 39.3 Å². The Morgan fingerprint density at radius 1 is 1.26 bits per heavy atom. The average molecular weight is 386 g/mol. The van der Waals surface area contributed by atoms with Crippen molar-refractivity contribution in [2.45, 2.75) is 52.2 Å². The second-order valence-electron chi connectivity index (χ2n) is 7.25. The predicted octanol–water partition coefficient (Wildman–Crippen LogP) is 3.74. The Bertz CT molecular complexity index is 717. The molecular weight excluding hydrogens is 354 g/mol. The molecule has 1 aromatic carbocycles. The van der Waals surface area contributed by atoms with Gasteiger partial charge in [-0.1, -0.05) is 30.3 Å². The number of aliphatic imine (C=N–C) groups is 1. The normalized spacial score (nSPS) is 16.7. The molecule has 0 unspecified atom stereocenters. The fourth-order valence-electron chi connectivity index (χ4n) is 3.33. The van der Waals surface area contributed by atoms with Crippen LogP contribution >= 0.6 is 11.3 Å². The molecule has 2 heterocycles. The molecule has 1 saturated heterocycles. The van der Waals surface area contributed by atoms with Crippen molar-refractivity contribution < 1.29 is 0 Å². The van der Waals surface area contributed by atoms with Gasteiger partial charge >= 0.3 is 0 Å². The van der Waals surface area contributed by atoms with Gasteiger partial charge in [0.1, 0.15) is 5.01 Å². The number of hydrogen-bond donors (Lipinski definition) is 2. The lowest BCUT2D eigenvalue weighted by Crippen LogP contribution is -2.49. The summed E-state index contributed by atoms with van der Waals surface area (Å²) in [7, 11) is 0. The van der Waals surface area contributed by atoms with E-state index in [1.165, 1.54) is 5.56 Å². The molecule has 0 atom stereocenters. The molecule has 0 spiro atoms. The summed E-state index contributed by atoms with van der Waals surface area (Å²) in [6.45, 7) is 10.4. The number of hydrogen-bond acceptors (Lipinski definition) is 4. The summed E-state index contributed by atoms with van der Waals surface area (Å²) >= 11 is 1.68. The number of aromatic nitrogens is 1. The van der Waals surface area contributed by atoms with E-state index in [1.807, 2.05) is 18.2 Å². The zero-order valence-corrected chi connectivity index (χ0v) is 17.4. The molecule has 2 aromatic rings. The van der Waals surface area contributed by atoms with E-state index in [9.17, 15) is 0 Å². The fourth-order valence-corrected chi connectivity index (χ4v) is 4.14. The Morgan fingerprint density at radius 2 is 2.00 bits per heavy atom. The Balaban J connectivity index is 1.57. The zero-order chi connectivity index (χ0) is 19.1. The highest BCUT2D eigenvalue weighted by atomic mass is 32.1. The third-order valence-electron chi connectivity index (χ3n) is 4.92. The van der Waals surface area contributed by atoms with Gasteiger partial charge in [-0.3, -0.25) is 0 Å². The van der Waals surface area contributed by atoms with Crippen molar-refractivity contribution in [1.82, 2.24) is 20.5 Å². The minimum atomic E-state index is 0.494. The molecule has 5 nitrogen and oxygen atoms in total. The first-order chi connectivity index (χ1) is 13.2. The number of rotatable bonds is 6. The molecular formula is C21H31N5S. The van der Waals surface area contributed by atoms with Gasteiger partial charge in [0.2, 0.25) is 0 Å². The van der Waals surface area contributed by atoms with E-state index < -0.39 is 0 Å². The van der Waals surface area contributed by atoms with Crippen molar-refractivity contribution >= 4 is 17.3 Å². The molecule has 0 amide bonds. The van der Waals surface area contributed by atoms with E-state index in [0.717, 1.165) is 49.1 Å². The predicted molar refractivity (Wildman–Crippen MR) is 115 cm³/mol. The number of guanidine groups is 1. The molecule has 146 valence electrons. The summed E-state index contributed by atoms with van der Waals surface area (Å²) in [6.07, 6.45) is 2.33. The van der Waals surface area contributed by atoms with Gasteiger partial charge in [0.25, 0.3) is 0 Å². The topological polar surface area (TPSA) is 52.6 Å². The smallest absolute Gasteiger partial charge is 0.191 e. The van der Waals surface area contributed by atoms with Gasteiger partial charge in [-0.05, 0) is 33.6 Å².